The quantitative estimate of drug-likeness (QED) is 0.268. The first kappa shape index (κ1) is 20.9. The Kier molecular flexibility index (Phi) is 7.63. The average molecular weight is 499 g/mol. The van der Waals surface area contributed by atoms with Crippen molar-refractivity contribution in [2.75, 3.05) is 11.9 Å². The van der Waals surface area contributed by atoms with Gasteiger partial charge in [0.15, 0.2) is 0 Å². The molecular weight excluding hydrogens is 477 g/mol. The lowest BCUT2D eigenvalue weighted by Crippen LogP contribution is -2.25. The molecule has 29 heavy (non-hydrogen) atoms. The Balaban J connectivity index is 1.46. The number of hydrogen-bond acceptors (Lipinski definition) is 4. The number of ether oxygens (including phenoxy) is 1. The highest BCUT2D eigenvalue weighted by Crippen LogP contribution is 2.15. The molecule has 6 heteroatoms. The summed E-state index contributed by atoms with van der Waals surface area (Å²) < 4.78 is 6.98. The maximum Gasteiger partial charge on any atom is 0.259 e. The van der Waals surface area contributed by atoms with Crippen LogP contribution in [0.3, 0.4) is 0 Å². The molecule has 0 saturated carbocycles. The van der Waals surface area contributed by atoms with E-state index in [0.29, 0.717) is 6.61 Å². The number of rotatable bonds is 8. The van der Waals surface area contributed by atoms with Crippen LogP contribution in [0.5, 0.6) is 5.75 Å². The number of anilines is 1. The highest BCUT2D eigenvalue weighted by Gasteiger charge is 2.00. The lowest BCUT2D eigenvalue weighted by Gasteiger charge is -2.07. The second-order valence-corrected chi connectivity index (χ2v) is 7.75. The number of amides is 1. The molecule has 0 saturated heterocycles. The average Bonchev–Trinajstić information content (AvgIpc) is 2.73. The molecule has 0 fully saturated rings. The van der Waals surface area contributed by atoms with E-state index in [2.05, 4.69) is 69.6 Å². The van der Waals surface area contributed by atoms with Gasteiger partial charge in [-0.2, -0.15) is 5.10 Å². The number of benzene rings is 3. The molecule has 148 valence electrons. The first-order valence-corrected chi connectivity index (χ1v) is 10.3. The third-order valence-electron chi connectivity index (χ3n) is 4.08. The van der Waals surface area contributed by atoms with Crippen LogP contribution < -0.4 is 15.5 Å². The number of hydrazone groups is 1. The summed E-state index contributed by atoms with van der Waals surface area (Å²) in [6.45, 7) is 2.71. The molecule has 0 aromatic heterocycles. The van der Waals surface area contributed by atoms with Crippen LogP contribution in [0.4, 0.5) is 5.69 Å². The van der Waals surface area contributed by atoms with Gasteiger partial charge in [0.25, 0.3) is 5.91 Å². The monoisotopic (exact) mass is 499 g/mol. The first-order valence-electron chi connectivity index (χ1n) is 9.18. The summed E-state index contributed by atoms with van der Waals surface area (Å²) in [4.78, 5) is 11.9. The van der Waals surface area contributed by atoms with Crippen LogP contribution in [0, 0.1) is 10.5 Å². The Morgan fingerprint density at radius 2 is 1.83 bits per heavy atom. The fraction of sp³-hybridized carbons (Fsp3) is 0.130. The molecule has 0 spiro atoms. The minimum absolute atomic E-state index is 0.150. The second kappa shape index (κ2) is 10.6. The molecular formula is C23H22IN3O2. The number of hydrogen-bond donors (Lipinski definition) is 2. The summed E-state index contributed by atoms with van der Waals surface area (Å²) in [6.07, 6.45) is 1.60. The topological polar surface area (TPSA) is 62.7 Å². The van der Waals surface area contributed by atoms with E-state index in [1.807, 2.05) is 48.5 Å². The summed E-state index contributed by atoms with van der Waals surface area (Å²) in [5.74, 6) is 0.535. The van der Waals surface area contributed by atoms with Gasteiger partial charge in [-0.15, -0.1) is 0 Å². The van der Waals surface area contributed by atoms with Crippen LogP contribution in [-0.4, -0.2) is 18.7 Å². The van der Waals surface area contributed by atoms with Gasteiger partial charge < -0.3 is 10.1 Å². The molecule has 3 aromatic rings. The van der Waals surface area contributed by atoms with Gasteiger partial charge in [-0.05, 0) is 77.0 Å². The zero-order valence-electron chi connectivity index (χ0n) is 16.1. The van der Waals surface area contributed by atoms with Gasteiger partial charge in [0.2, 0.25) is 0 Å². The van der Waals surface area contributed by atoms with Crippen LogP contribution in [0.2, 0.25) is 0 Å². The lowest BCUT2D eigenvalue weighted by atomic mass is 10.2. The summed E-state index contributed by atoms with van der Waals surface area (Å²) in [6, 6.07) is 23.6. The molecule has 1 amide bonds. The molecule has 0 bridgehead atoms. The Morgan fingerprint density at radius 3 is 2.59 bits per heavy atom. The first-order chi connectivity index (χ1) is 14.1. The molecule has 3 rings (SSSR count). The molecule has 0 aliphatic rings. The normalized spacial score (nSPS) is 10.7. The standard InChI is InChI=1S/C23H22IN3O2/c1-17-5-7-18(8-6-17)16-29-22-4-2-3-19(13-22)14-26-27-23(28)15-25-21-11-9-20(24)10-12-21/h2-14,25H,15-16H2,1H3,(H,27,28)/b26-14-. The second-order valence-electron chi connectivity index (χ2n) is 6.50. The maximum atomic E-state index is 11.9. The molecule has 0 aliphatic heterocycles. The van der Waals surface area contributed by atoms with Gasteiger partial charge in [-0.3, -0.25) is 4.79 Å². The van der Waals surface area contributed by atoms with Crippen molar-refractivity contribution in [1.82, 2.24) is 5.43 Å². The largest absolute Gasteiger partial charge is 0.489 e. The smallest absolute Gasteiger partial charge is 0.259 e. The van der Waals surface area contributed by atoms with Crippen LogP contribution >= 0.6 is 22.6 Å². The highest BCUT2D eigenvalue weighted by atomic mass is 127. The van der Waals surface area contributed by atoms with Gasteiger partial charge in [0.05, 0.1) is 12.8 Å². The van der Waals surface area contributed by atoms with E-state index in [-0.39, 0.29) is 12.5 Å². The molecule has 0 aliphatic carbocycles. The molecule has 2 N–H and O–H groups in total. The van der Waals surface area contributed by atoms with Crippen LogP contribution in [0.1, 0.15) is 16.7 Å². The number of carbonyl (C=O) groups excluding carboxylic acids is 1. The zero-order valence-corrected chi connectivity index (χ0v) is 18.2. The van der Waals surface area contributed by atoms with E-state index in [1.165, 1.54) is 5.56 Å². The summed E-state index contributed by atoms with van der Waals surface area (Å²) in [5.41, 5.74) is 6.60. The number of halogens is 1. The van der Waals surface area contributed by atoms with Crippen molar-refractivity contribution < 1.29 is 9.53 Å². The van der Waals surface area contributed by atoms with Gasteiger partial charge in [-0.1, -0.05) is 42.0 Å². The number of aryl methyl sites for hydroxylation is 1. The van der Waals surface area contributed by atoms with Crippen molar-refractivity contribution in [2.24, 2.45) is 5.10 Å². The van der Waals surface area contributed by atoms with Crippen molar-refractivity contribution in [3.63, 3.8) is 0 Å². The van der Waals surface area contributed by atoms with E-state index in [4.69, 9.17) is 4.74 Å². The number of nitrogens with zero attached hydrogens (tertiary/aromatic N) is 1. The van der Waals surface area contributed by atoms with Gasteiger partial charge >= 0.3 is 0 Å². The fourth-order valence-corrected chi connectivity index (χ4v) is 2.86. The van der Waals surface area contributed by atoms with Crippen LogP contribution in [0.15, 0.2) is 77.9 Å². The van der Waals surface area contributed by atoms with Crippen molar-refractivity contribution in [1.29, 1.82) is 0 Å². The molecule has 0 atom stereocenters. The maximum absolute atomic E-state index is 11.9. The molecule has 0 unspecified atom stereocenters. The van der Waals surface area contributed by atoms with Gasteiger partial charge in [0, 0.05) is 9.26 Å². The van der Waals surface area contributed by atoms with E-state index < -0.39 is 0 Å². The molecule has 0 heterocycles. The Bertz CT molecular complexity index is 970. The lowest BCUT2D eigenvalue weighted by molar-refractivity contribution is -0.119. The van der Waals surface area contributed by atoms with Gasteiger partial charge in [0.1, 0.15) is 12.4 Å². The minimum Gasteiger partial charge on any atom is -0.489 e. The minimum atomic E-state index is -0.216. The van der Waals surface area contributed by atoms with Crippen molar-refractivity contribution in [3.05, 3.63) is 93.1 Å². The van der Waals surface area contributed by atoms with Crippen molar-refractivity contribution >= 4 is 40.4 Å². The molecule has 5 nitrogen and oxygen atoms in total. The summed E-state index contributed by atoms with van der Waals surface area (Å²) >= 11 is 2.24. The summed E-state index contributed by atoms with van der Waals surface area (Å²) in [5, 5.41) is 7.07. The number of carbonyl (C=O) groups is 1. The predicted octanol–water partition coefficient (Wildman–Crippen LogP) is 4.74. The van der Waals surface area contributed by atoms with E-state index in [9.17, 15) is 4.79 Å². The third kappa shape index (κ3) is 7.23. The van der Waals surface area contributed by atoms with Crippen molar-refractivity contribution in [3.8, 4) is 5.75 Å². The predicted molar refractivity (Wildman–Crippen MR) is 125 cm³/mol. The molecule has 3 aromatic carbocycles. The van der Waals surface area contributed by atoms with Crippen molar-refractivity contribution in [2.45, 2.75) is 13.5 Å². The van der Waals surface area contributed by atoms with Crippen LogP contribution in [-0.2, 0) is 11.4 Å². The van der Waals surface area contributed by atoms with Crippen LogP contribution in [0.25, 0.3) is 0 Å². The Morgan fingerprint density at radius 1 is 1.07 bits per heavy atom. The highest BCUT2D eigenvalue weighted by molar-refractivity contribution is 14.1. The van der Waals surface area contributed by atoms with E-state index in [1.54, 1.807) is 6.21 Å². The Labute approximate surface area is 184 Å². The fourth-order valence-electron chi connectivity index (χ4n) is 2.50. The molecule has 0 radical (unpaired) electrons. The Hall–Kier alpha value is -2.87. The number of nitrogens with one attached hydrogen (secondary N) is 2. The third-order valence-corrected chi connectivity index (χ3v) is 4.80. The van der Waals surface area contributed by atoms with E-state index >= 15 is 0 Å². The summed E-state index contributed by atoms with van der Waals surface area (Å²) in [7, 11) is 0. The van der Waals surface area contributed by atoms with Gasteiger partial charge in [-0.25, -0.2) is 5.43 Å². The SMILES string of the molecule is Cc1ccc(COc2cccc(/C=N\NC(=O)CNc3ccc(I)cc3)c2)cc1. The zero-order chi connectivity index (χ0) is 20.5. The van der Waals surface area contributed by atoms with E-state index in [0.717, 1.165) is 26.1 Å².